The van der Waals surface area contributed by atoms with Crippen LogP contribution in [0.1, 0.15) is 27.3 Å². The first-order valence-electron chi connectivity index (χ1n) is 9.60. The second-order valence-corrected chi connectivity index (χ2v) is 7.65. The highest BCUT2D eigenvalue weighted by Gasteiger charge is 2.20. The third-order valence-electron chi connectivity index (χ3n) is 4.86. The normalized spacial score (nSPS) is 10.8. The molecule has 4 aromatic rings. The Morgan fingerprint density at radius 2 is 1.67 bits per heavy atom. The van der Waals surface area contributed by atoms with Crippen LogP contribution in [0.5, 0.6) is 0 Å². The van der Waals surface area contributed by atoms with Crippen LogP contribution in [0.3, 0.4) is 0 Å². The fourth-order valence-corrected chi connectivity index (χ4v) is 3.34. The molecule has 0 fully saturated rings. The molecule has 1 heterocycles. The second kappa shape index (κ2) is 8.13. The van der Waals surface area contributed by atoms with Crippen molar-refractivity contribution in [1.82, 2.24) is 14.8 Å². The standard InChI is InChI=1S/C24H21ClN4O/c1-15-9-10-17(3)21(13-15)29-23(18-7-5-4-6-8-18)27-22(28-29)24(30)26-19-12-11-16(2)20(25)14-19/h4-14H,1-3H3,(H,26,30). The van der Waals surface area contributed by atoms with Gasteiger partial charge in [0, 0.05) is 16.3 Å². The van der Waals surface area contributed by atoms with Crippen LogP contribution in [0.2, 0.25) is 5.02 Å². The van der Waals surface area contributed by atoms with E-state index >= 15 is 0 Å². The molecule has 1 aromatic heterocycles. The Labute approximate surface area is 180 Å². The monoisotopic (exact) mass is 416 g/mol. The maximum atomic E-state index is 12.9. The highest BCUT2D eigenvalue weighted by molar-refractivity contribution is 6.31. The average molecular weight is 417 g/mol. The zero-order valence-electron chi connectivity index (χ0n) is 17.0. The molecule has 0 aliphatic heterocycles. The topological polar surface area (TPSA) is 59.8 Å². The fourth-order valence-electron chi connectivity index (χ4n) is 3.16. The van der Waals surface area contributed by atoms with Gasteiger partial charge in [0.1, 0.15) is 0 Å². The molecular weight excluding hydrogens is 396 g/mol. The number of nitrogens with one attached hydrogen (secondary N) is 1. The van der Waals surface area contributed by atoms with Gasteiger partial charge in [0.2, 0.25) is 5.82 Å². The van der Waals surface area contributed by atoms with E-state index in [1.54, 1.807) is 16.8 Å². The van der Waals surface area contributed by atoms with Crippen LogP contribution in [0.4, 0.5) is 5.69 Å². The van der Waals surface area contributed by atoms with Gasteiger partial charge in [0.25, 0.3) is 5.91 Å². The molecule has 6 heteroatoms. The van der Waals surface area contributed by atoms with E-state index in [4.69, 9.17) is 11.6 Å². The Morgan fingerprint density at radius 1 is 0.933 bits per heavy atom. The van der Waals surface area contributed by atoms with Gasteiger partial charge in [-0.1, -0.05) is 60.1 Å². The van der Waals surface area contributed by atoms with Crippen molar-refractivity contribution in [3.8, 4) is 17.1 Å². The largest absolute Gasteiger partial charge is 0.319 e. The number of nitrogens with zero attached hydrogens (tertiary/aromatic N) is 3. The van der Waals surface area contributed by atoms with E-state index in [0.29, 0.717) is 16.5 Å². The number of hydrogen-bond acceptors (Lipinski definition) is 3. The number of rotatable bonds is 4. The number of carbonyl (C=O) groups excluding carboxylic acids is 1. The third kappa shape index (κ3) is 3.98. The number of aromatic nitrogens is 3. The maximum absolute atomic E-state index is 12.9. The molecule has 150 valence electrons. The quantitative estimate of drug-likeness (QED) is 0.459. The molecule has 1 N–H and O–H groups in total. The predicted octanol–water partition coefficient (Wildman–Crippen LogP) is 5.77. The molecule has 4 rings (SSSR count). The summed E-state index contributed by atoms with van der Waals surface area (Å²) >= 11 is 6.18. The van der Waals surface area contributed by atoms with Crippen molar-refractivity contribution in [1.29, 1.82) is 0 Å². The van der Waals surface area contributed by atoms with Gasteiger partial charge < -0.3 is 5.32 Å². The van der Waals surface area contributed by atoms with Crippen LogP contribution in [0, 0.1) is 20.8 Å². The Bertz CT molecular complexity index is 1230. The molecule has 3 aromatic carbocycles. The third-order valence-corrected chi connectivity index (χ3v) is 5.27. The van der Waals surface area contributed by atoms with Crippen molar-refractivity contribution < 1.29 is 4.79 Å². The zero-order valence-corrected chi connectivity index (χ0v) is 17.7. The lowest BCUT2D eigenvalue weighted by molar-refractivity contribution is 0.101. The van der Waals surface area contributed by atoms with Gasteiger partial charge in [0.15, 0.2) is 5.82 Å². The van der Waals surface area contributed by atoms with E-state index in [1.165, 1.54) is 0 Å². The highest BCUT2D eigenvalue weighted by atomic mass is 35.5. The Balaban J connectivity index is 1.78. The van der Waals surface area contributed by atoms with Gasteiger partial charge in [-0.3, -0.25) is 4.79 Å². The molecular formula is C24H21ClN4O. The molecule has 0 radical (unpaired) electrons. The Morgan fingerprint density at radius 3 is 2.40 bits per heavy atom. The number of benzene rings is 3. The number of anilines is 1. The van der Waals surface area contributed by atoms with Gasteiger partial charge in [-0.15, -0.1) is 5.10 Å². The van der Waals surface area contributed by atoms with Crippen molar-refractivity contribution in [2.24, 2.45) is 0 Å². The van der Waals surface area contributed by atoms with E-state index in [2.05, 4.69) is 15.4 Å². The molecule has 0 aliphatic carbocycles. The molecule has 5 nitrogen and oxygen atoms in total. The minimum Gasteiger partial charge on any atom is -0.319 e. The van der Waals surface area contributed by atoms with E-state index in [9.17, 15) is 4.79 Å². The maximum Gasteiger partial charge on any atom is 0.295 e. The smallest absolute Gasteiger partial charge is 0.295 e. The molecule has 0 aliphatic rings. The van der Waals surface area contributed by atoms with Gasteiger partial charge in [-0.2, -0.15) is 0 Å². The van der Waals surface area contributed by atoms with E-state index in [1.807, 2.05) is 75.4 Å². The van der Waals surface area contributed by atoms with Gasteiger partial charge in [-0.25, -0.2) is 9.67 Å². The van der Waals surface area contributed by atoms with Gasteiger partial charge >= 0.3 is 0 Å². The minimum atomic E-state index is -0.392. The van der Waals surface area contributed by atoms with E-state index < -0.39 is 5.91 Å². The van der Waals surface area contributed by atoms with Crippen LogP contribution in [-0.2, 0) is 0 Å². The molecule has 0 saturated carbocycles. The fraction of sp³-hybridized carbons (Fsp3) is 0.125. The van der Waals surface area contributed by atoms with Crippen LogP contribution in [-0.4, -0.2) is 20.7 Å². The van der Waals surface area contributed by atoms with Gasteiger partial charge in [0.05, 0.1) is 5.69 Å². The van der Waals surface area contributed by atoms with Crippen LogP contribution >= 0.6 is 11.6 Å². The first-order chi connectivity index (χ1) is 14.4. The number of amides is 1. The van der Waals surface area contributed by atoms with E-state index in [-0.39, 0.29) is 5.82 Å². The van der Waals surface area contributed by atoms with Crippen molar-refractivity contribution in [3.05, 3.63) is 94.3 Å². The summed E-state index contributed by atoms with van der Waals surface area (Å²) < 4.78 is 1.73. The van der Waals surface area contributed by atoms with Crippen molar-refractivity contribution in [2.75, 3.05) is 5.32 Å². The lowest BCUT2D eigenvalue weighted by Crippen LogP contribution is -2.14. The first-order valence-corrected chi connectivity index (χ1v) is 9.98. The Kier molecular flexibility index (Phi) is 5.38. The molecule has 0 unspecified atom stereocenters. The SMILES string of the molecule is Cc1ccc(C)c(-n2nc(C(=O)Nc3ccc(C)c(Cl)c3)nc2-c2ccccc2)c1. The van der Waals surface area contributed by atoms with Crippen molar-refractivity contribution >= 4 is 23.2 Å². The highest BCUT2D eigenvalue weighted by Crippen LogP contribution is 2.25. The van der Waals surface area contributed by atoms with Crippen molar-refractivity contribution in [3.63, 3.8) is 0 Å². The lowest BCUT2D eigenvalue weighted by atomic mass is 10.1. The average Bonchev–Trinajstić information content (AvgIpc) is 3.18. The van der Waals surface area contributed by atoms with Crippen molar-refractivity contribution in [2.45, 2.75) is 20.8 Å². The molecule has 30 heavy (non-hydrogen) atoms. The first kappa shape index (κ1) is 19.9. The summed E-state index contributed by atoms with van der Waals surface area (Å²) in [6, 6.07) is 21.2. The molecule has 0 bridgehead atoms. The van der Waals surface area contributed by atoms with Crippen LogP contribution in [0.15, 0.2) is 66.7 Å². The number of halogens is 1. The molecule has 0 spiro atoms. The molecule has 0 saturated heterocycles. The molecule has 0 atom stereocenters. The number of aryl methyl sites for hydroxylation is 3. The summed E-state index contributed by atoms with van der Waals surface area (Å²) in [7, 11) is 0. The predicted molar refractivity (Wildman–Crippen MR) is 120 cm³/mol. The number of hydrogen-bond donors (Lipinski definition) is 1. The van der Waals surface area contributed by atoms with Crippen LogP contribution < -0.4 is 5.32 Å². The number of carbonyl (C=O) groups is 1. The minimum absolute atomic E-state index is 0.0893. The zero-order chi connectivity index (χ0) is 21.3. The summed E-state index contributed by atoms with van der Waals surface area (Å²) in [6.07, 6.45) is 0. The van der Waals surface area contributed by atoms with Crippen LogP contribution in [0.25, 0.3) is 17.1 Å². The molecule has 1 amide bonds. The summed E-state index contributed by atoms with van der Waals surface area (Å²) in [5.41, 5.74) is 5.45. The summed E-state index contributed by atoms with van der Waals surface area (Å²) in [6.45, 7) is 5.95. The Hall–Kier alpha value is -3.44. The summed E-state index contributed by atoms with van der Waals surface area (Å²) in [4.78, 5) is 17.5. The van der Waals surface area contributed by atoms with Gasteiger partial charge in [-0.05, 0) is 55.7 Å². The second-order valence-electron chi connectivity index (χ2n) is 7.24. The summed E-state index contributed by atoms with van der Waals surface area (Å²) in [5, 5.41) is 7.98. The lowest BCUT2D eigenvalue weighted by Gasteiger charge is -2.10. The van der Waals surface area contributed by atoms with E-state index in [0.717, 1.165) is 27.9 Å². The summed E-state index contributed by atoms with van der Waals surface area (Å²) in [5.74, 6) is 0.305.